The van der Waals surface area contributed by atoms with Crippen LogP contribution in [-0.2, 0) is 20.9 Å². The molecule has 0 aliphatic carbocycles. The van der Waals surface area contributed by atoms with Gasteiger partial charge in [-0.3, -0.25) is 23.7 Å². The van der Waals surface area contributed by atoms with E-state index in [-0.39, 0.29) is 23.2 Å². The zero-order valence-electron chi connectivity index (χ0n) is 20.0. The first-order valence-corrected chi connectivity index (χ1v) is 14.4. The summed E-state index contributed by atoms with van der Waals surface area (Å²) in [5, 5.41) is 2.41. The van der Waals surface area contributed by atoms with Crippen molar-refractivity contribution in [3.8, 4) is 0 Å². The number of carbonyl (C=O) groups is 3. The normalized spacial score (nSPS) is 20.1. The summed E-state index contributed by atoms with van der Waals surface area (Å²) >= 11 is 5.64. The maximum atomic E-state index is 13.8. The van der Waals surface area contributed by atoms with Crippen LogP contribution in [0.2, 0.25) is 0 Å². The van der Waals surface area contributed by atoms with Crippen molar-refractivity contribution in [3.63, 3.8) is 0 Å². The number of nitrogens with zero attached hydrogens (tertiary/aromatic N) is 2. The third-order valence-corrected chi connectivity index (χ3v) is 9.80. The second kappa shape index (κ2) is 10.2. The Kier molecular flexibility index (Phi) is 6.74. The van der Waals surface area contributed by atoms with Crippen LogP contribution >= 0.6 is 39.0 Å². The van der Waals surface area contributed by atoms with Crippen LogP contribution in [0.5, 0.6) is 0 Å². The lowest BCUT2D eigenvalue weighted by molar-refractivity contribution is -0.122. The Balaban J connectivity index is 1.41. The minimum absolute atomic E-state index is 0.290. The van der Waals surface area contributed by atoms with Crippen molar-refractivity contribution in [1.82, 2.24) is 4.57 Å². The van der Waals surface area contributed by atoms with Gasteiger partial charge in [-0.05, 0) is 54.1 Å². The molecule has 39 heavy (non-hydrogen) atoms. The highest BCUT2D eigenvalue weighted by Crippen LogP contribution is 2.54. The molecule has 1 fully saturated rings. The van der Waals surface area contributed by atoms with Crippen molar-refractivity contribution in [3.05, 3.63) is 109 Å². The first-order valence-electron chi connectivity index (χ1n) is 12.0. The van der Waals surface area contributed by atoms with Crippen LogP contribution in [0, 0.1) is 11.7 Å². The third kappa shape index (κ3) is 4.64. The molecule has 1 aromatic heterocycles. The summed E-state index contributed by atoms with van der Waals surface area (Å²) in [4.78, 5) is 55.1. The number of imide groups is 1. The molecule has 11 heteroatoms. The highest BCUT2D eigenvalue weighted by Gasteiger charge is 2.56. The number of carbonyl (C=O) groups excluding carboxylic acids is 3. The van der Waals surface area contributed by atoms with Crippen LogP contribution in [0.1, 0.15) is 16.4 Å². The molecule has 4 aromatic rings. The van der Waals surface area contributed by atoms with E-state index >= 15 is 0 Å². The molecule has 3 amide bonds. The number of benzene rings is 3. The number of nitrogens with one attached hydrogen (secondary N) is 1. The molecule has 1 saturated heterocycles. The van der Waals surface area contributed by atoms with E-state index < -0.39 is 28.8 Å². The number of hydrogen-bond donors (Lipinski definition) is 1. The number of rotatable bonds is 5. The fourth-order valence-electron chi connectivity index (χ4n) is 5.02. The Morgan fingerprint density at radius 2 is 1.69 bits per heavy atom. The SMILES string of the molecule is O=C(Cn1c2c(sc1=O)C(c1cccc(Br)c1)C1C(=O)N(c3ccccc3)C(=O)C1S2)Nc1ccc(F)cc1. The van der Waals surface area contributed by atoms with Gasteiger partial charge in [0.05, 0.1) is 16.6 Å². The monoisotopic (exact) mass is 623 g/mol. The molecule has 3 atom stereocenters. The fraction of sp³-hybridized carbons (Fsp3) is 0.143. The van der Waals surface area contributed by atoms with Gasteiger partial charge in [0.2, 0.25) is 17.7 Å². The molecule has 0 radical (unpaired) electrons. The van der Waals surface area contributed by atoms with Gasteiger partial charge in [-0.25, -0.2) is 9.29 Å². The highest BCUT2D eigenvalue weighted by molar-refractivity contribution is 9.10. The third-order valence-electron chi connectivity index (χ3n) is 6.70. The smallest absolute Gasteiger partial charge is 0.308 e. The van der Waals surface area contributed by atoms with Gasteiger partial charge in [0, 0.05) is 21.0 Å². The minimum atomic E-state index is -0.769. The molecule has 0 spiro atoms. The van der Waals surface area contributed by atoms with E-state index in [9.17, 15) is 23.6 Å². The number of halogens is 2. The van der Waals surface area contributed by atoms with E-state index in [4.69, 9.17) is 0 Å². The average Bonchev–Trinajstić information content (AvgIpc) is 3.36. The molecule has 3 aromatic carbocycles. The van der Waals surface area contributed by atoms with Gasteiger partial charge in [-0.2, -0.15) is 0 Å². The lowest BCUT2D eigenvalue weighted by atomic mass is 9.83. The zero-order chi connectivity index (χ0) is 27.3. The first kappa shape index (κ1) is 25.7. The van der Waals surface area contributed by atoms with Gasteiger partial charge in [-0.15, -0.1) is 0 Å². The lowest BCUT2D eigenvalue weighted by Gasteiger charge is -2.30. The molecular weight excluding hydrogens is 605 g/mol. The number of fused-ring (bicyclic) bond motifs is 2. The Bertz CT molecular complexity index is 1670. The van der Waals surface area contributed by atoms with E-state index in [1.54, 1.807) is 24.3 Å². The second-order valence-electron chi connectivity index (χ2n) is 9.12. The van der Waals surface area contributed by atoms with Crippen LogP contribution in [-0.4, -0.2) is 27.5 Å². The van der Waals surface area contributed by atoms with E-state index in [0.29, 0.717) is 21.3 Å². The zero-order valence-corrected chi connectivity index (χ0v) is 23.3. The first-order chi connectivity index (χ1) is 18.8. The fourth-order valence-corrected chi connectivity index (χ4v) is 8.21. The van der Waals surface area contributed by atoms with E-state index in [2.05, 4.69) is 21.2 Å². The largest absolute Gasteiger partial charge is 0.325 e. The van der Waals surface area contributed by atoms with Crippen LogP contribution in [0.3, 0.4) is 0 Å². The molecule has 0 bridgehead atoms. The molecule has 0 saturated carbocycles. The summed E-state index contributed by atoms with van der Waals surface area (Å²) in [5.41, 5.74) is 1.68. The molecule has 2 aliphatic heterocycles. The average molecular weight is 625 g/mol. The Hall–Kier alpha value is -3.54. The summed E-state index contributed by atoms with van der Waals surface area (Å²) in [6.07, 6.45) is 0. The van der Waals surface area contributed by atoms with E-state index in [0.717, 1.165) is 33.1 Å². The van der Waals surface area contributed by atoms with Gasteiger partial charge in [0.25, 0.3) is 0 Å². The van der Waals surface area contributed by atoms with E-state index in [1.165, 1.54) is 33.7 Å². The maximum absolute atomic E-state index is 13.8. The van der Waals surface area contributed by atoms with Crippen LogP contribution < -0.4 is 15.1 Å². The van der Waals surface area contributed by atoms with Gasteiger partial charge < -0.3 is 5.32 Å². The summed E-state index contributed by atoms with van der Waals surface area (Å²) < 4.78 is 15.4. The van der Waals surface area contributed by atoms with Gasteiger partial charge in [-0.1, -0.05) is 69.4 Å². The minimum Gasteiger partial charge on any atom is -0.325 e. The summed E-state index contributed by atoms with van der Waals surface area (Å²) in [6.45, 7) is -0.290. The van der Waals surface area contributed by atoms with Crippen molar-refractivity contribution >= 4 is 68.1 Å². The quantitative estimate of drug-likeness (QED) is 0.307. The molecule has 196 valence electrons. The molecular formula is C28H19BrFN3O4S2. The Morgan fingerprint density at radius 3 is 2.41 bits per heavy atom. The van der Waals surface area contributed by atoms with Crippen molar-refractivity contribution in [1.29, 1.82) is 0 Å². The van der Waals surface area contributed by atoms with Crippen LogP contribution in [0.15, 0.2) is 93.2 Å². The van der Waals surface area contributed by atoms with Gasteiger partial charge in [0.1, 0.15) is 17.6 Å². The number of hydrogen-bond acceptors (Lipinski definition) is 6. The van der Waals surface area contributed by atoms with Gasteiger partial charge in [0.15, 0.2) is 0 Å². The Morgan fingerprint density at radius 1 is 0.949 bits per heavy atom. The standard InChI is InChI=1S/C28H19BrFN3O4S2/c29-16-6-4-5-15(13-16)21-22-23(26(36)33(25(22)35)19-7-2-1-3-8-19)38-27-24(21)39-28(37)32(27)14-20(34)31-18-11-9-17(30)10-12-18/h1-13,21-23H,14H2,(H,31,34). The second-order valence-corrected chi connectivity index (χ2v) is 12.2. The number of amides is 3. The maximum Gasteiger partial charge on any atom is 0.308 e. The lowest BCUT2D eigenvalue weighted by Crippen LogP contribution is -2.33. The van der Waals surface area contributed by atoms with E-state index in [1.807, 2.05) is 30.3 Å². The van der Waals surface area contributed by atoms with Crippen molar-refractivity contribution in [2.75, 3.05) is 10.2 Å². The van der Waals surface area contributed by atoms with Crippen LogP contribution in [0.25, 0.3) is 0 Å². The van der Waals surface area contributed by atoms with Crippen LogP contribution in [0.4, 0.5) is 15.8 Å². The number of thiazole rings is 1. The van der Waals surface area contributed by atoms with Gasteiger partial charge >= 0.3 is 4.87 Å². The predicted octanol–water partition coefficient (Wildman–Crippen LogP) is 5.25. The molecule has 1 N–H and O–H groups in total. The number of anilines is 2. The molecule has 3 heterocycles. The molecule has 3 unspecified atom stereocenters. The predicted molar refractivity (Wildman–Crippen MR) is 152 cm³/mol. The number of thioether (sulfide) groups is 1. The van der Waals surface area contributed by atoms with Crippen molar-refractivity contribution in [2.24, 2.45) is 5.92 Å². The number of para-hydroxylation sites is 1. The number of aromatic nitrogens is 1. The summed E-state index contributed by atoms with van der Waals surface area (Å²) in [6, 6.07) is 21.6. The summed E-state index contributed by atoms with van der Waals surface area (Å²) in [7, 11) is 0. The molecule has 6 rings (SSSR count). The topological polar surface area (TPSA) is 88.5 Å². The molecule has 7 nitrogen and oxygen atoms in total. The highest BCUT2D eigenvalue weighted by atomic mass is 79.9. The Labute approximate surface area is 238 Å². The molecule has 2 aliphatic rings. The summed E-state index contributed by atoms with van der Waals surface area (Å²) in [5.74, 6) is -2.84. The van der Waals surface area contributed by atoms with Crippen molar-refractivity contribution < 1.29 is 18.8 Å². The van der Waals surface area contributed by atoms with Crippen molar-refractivity contribution in [2.45, 2.75) is 22.7 Å².